The molecule has 30 heavy (non-hydrogen) atoms. The molecule has 0 radical (unpaired) electrons. The SMILES string of the molecule is CCNC(=NCC(O)c1ccc(OC)c(OC)c1)NC(C)CCc1ccccc1.I. The predicted octanol–water partition coefficient (Wildman–Crippen LogP) is 3.93. The minimum absolute atomic E-state index is 0. The third kappa shape index (κ3) is 8.39. The van der Waals surface area contributed by atoms with Crippen molar-refractivity contribution in [2.24, 2.45) is 4.99 Å². The number of aryl methyl sites for hydroxylation is 1. The topological polar surface area (TPSA) is 75.1 Å². The maximum Gasteiger partial charge on any atom is 0.191 e. The molecule has 0 fully saturated rings. The lowest BCUT2D eigenvalue weighted by Crippen LogP contribution is -2.42. The molecule has 0 aliphatic carbocycles. The van der Waals surface area contributed by atoms with E-state index in [-0.39, 0.29) is 36.6 Å². The fourth-order valence-electron chi connectivity index (χ4n) is 3.00. The Labute approximate surface area is 197 Å². The lowest BCUT2D eigenvalue weighted by atomic mass is 10.1. The van der Waals surface area contributed by atoms with Crippen LogP contribution in [0.4, 0.5) is 0 Å². The first-order chi connectivity index (χ1) is 14.1. The Hall–Kier alpha value is -2.00. The van der Waals surface area contributed by atoms with Crippen LogP contribution in [0.3, 0.4) is 0 Å². The number of rotatable bonds is 10. The summed E-state index contributed by atoms with van der Waals surface area (Å²) in [5, 5.41) is 17.2. The molecular formula is C23H34IN3O3. The Kier molecular flexibility index (Phi) is 12.2. The number of hydrogen-bond donors (Lipinski definition) is 3. The standard InChI is InChI=1S/C23H33N3O3.HI/c1-5-24-23(26-17(2)11-12-18-9-7-6-8-10-18)25-16-20(27)19-13-14-21(28-3)22(15-19)29-4;/h6-10,13-15,17,20,27H,5,11-12,16H2,1-4H3,(H2,24,25,26);1H. The molecule has 2 unspecified atom stereocenters. The van der Waals surface area contributed by atoms with Gasteiger partial charge in [-0.15, -0.1) is 24.0 Å². The van der Waals surface area contributed by atoms with E-state index in [2.05, 4.69) is 46.8 Å². The summed E-state index contributed by atoms with van der Waals surface area (Å²) in [5.74, 6) is 1.93. The molecule has 2 aromatic rings. The molecule has 0 aromatic heterocycles. The van der Waals surface area contributed by atoms with Gasteiger partial charge in [-0.3, -0.25) is 4.99 Å². The van der Waals surface area contributed by atoms with Crippen LogP contribution in [0.1, 0.15) is 37.5 Å². The maximum absolute atomic E-state index is 10.5. The Bertz CT molecular complexity index is 772. The number of benzene rings is 2. The molecule has 0 heterocycles. The van der Waals surface area contributed by atoms with E-state index in [4.69, 9.17) is 9.47 Å². The summed E-state index contributed by atoms with van der Waals surface area (Å²) in [6.07, 6.45) is 1.26. The summed E-state index contributed by atoms with van der Waals surface area (Å²) < 4.78 is 10.6. The number of methoxy groups -OCH3 is 2. The van der Waals surface area contributed by atoms with Crippen molar-refractivity contribution in [3.63, 3.8) is 0 Å². The molecule has 6 nitrogen and oxygen atoms in total. The molecule has 0 saturated carbocycles. The number of nitrogens with zero attached hydrogens (tertiary/aromatic N) is 1. The first-order valence-electron chi connectivity index (χ1n) is 10.1. The smallest absolute Gasteiger partial charge is 0.191 e. The first kappa shape index (κ1) is 26.0. The summed E-state index contributed by atoms with van der Waals surface area (Å²) >= 11 is 0. The van der Waals surface area contributed by atoms with Crippen molar-refractivity contribution in [3.8, 4) is 11.5 Å². The predicted molar refractivity (Wildman–Crippen MR) is 133 cm³/mol. The van der Waals surface area contributed by atoms with E-state index >= 15 is 0 Å². The van der Waals surface area contributed by atoms with Crippen LogP contribution in [-0.2, 0) is 6.42 Å². The number of aliphatic imine (C=N–C) groups is 1. The highest BCUT2D eigenvalue weighted by molar-refractivity contribution is 14.0. The monoisotopic (exact) mass is 527 g/mol. The van der Waals surface area contributed by atoms with Gasteiger partial charge in [0.1, 0.15) is 0 Å². The summed E-state index contributed by atoms with van der Waals surface area (Å²) in [6.45, 7) is 5.16. The molecular weight excluding hydrogens is 493 g/mol. The van der Waals surface area contributed by atoms with Gasteiger partial charge in [0.25, 0.3) is 0 Å². The van der Waals surface area contributed by atoms with Gasteiger partial charge < -0.3 is 25.2 Å². The van der Waals surface area contributed by atoms with Crippen LogP contribution < -0.4 is 20.1 Å². The molecule has 2 rings (SSSR count). The molecule has 0 amide bonds. The second-order valence-electron chi connectivity index (χ2n) is 6.92. The van der Waals surface area contributed by atoms with Crippen LogP contribution in [0.5, 0.6) is 11.5 Å². The zero-order chi connectivity index (χ0) is 21.1. The Morgan fingerprint density at radius 3 is 2.40 bits per heavy atom. The minimum atomic E-state index is -0.732. The van der Waals surface area contributed by atoms with Crippen molar-refractivity contribution in [1.82, 2.24) is 10.6 Å². The summed E-state index contributed by atoms with van der Waals surface area (Å²) in [7, 11) is 3.17. The third-order valence-electron chi connectivity index (χ3n) is 4.65. The van der Waals surface area contributed by atoms with Gasteiger partial charge >= 0.3 is 0 Å². The molecule has 2 atom stereocenters. The van der Waals surface area contributed by atoms with Gasteiger partial charge in [-0.25, -0.2) is 0 Å². The second-order valence-corrected chi connectivity index (χ2v) is 6.92. The number of guanidine groups is 1. The van der Waals surface area contributed by atoms with E-state index in [0.717, 1.165) is 24.9 Å². The van der Waals surface area contributed by atoms with Gasteiger partial charge in [-0.2, -0.15) is 0 Å². The molecule has 7 heteroatoms. The van der Waals surface area contributed by atoms with Crippen LogP contribution >= 0.6 is 24.0 Å². The molecule has 166 valence electrons. The van der Waals surface area contributed by atoms with Crippen LogP contribution in [0, 0.1) is 0 Å². The lowest BCUT2D eigenvalue weighted by Gasteiger charge is -2.19. The maximum atomic E-state index is 10.5. The number of aliphatic hydroxyl groups is 1. The van der Waals surface area contributed by atoms with E-state index in [1.807, 2.05) is 19.1 Å². The van der Waals surface area contributed by atoms with E-state index < -0.39 is 6.10 Å². The quantitative estimate of drug-likeness (QED) is 0.248. The number of ether oxygens (including phenoxy) is 2. The Morgan fingerprint density at radius 1 is 1.07 bits per heavy atom. The molecule has 0 saturated heterocycles. The van der Waals surface area contributed by atoms with E-state index in [9.17, 15) is 5.11 Å². The Morgan fingerprint density at radius 2 is 1.77 bits per heavy atom. The number of hydrogen-bond acceptors (Lipinski definition) is 4. The van der Waals surface area contributed by atoms with Crippen LogP contribution in [0.25, 0.3) is 0 Å². The van der Waals surface area contributed by atoms with Crippen molar-refractivity contribution in [1.29, 1.82) is 0 Å². The van der Waals surface area contributed by atoms with Crippen molar-refractivity contribution in [2.45, 2.75) is 38.8 Å². The minimum Gasteiger partial charge on any atom is -0.493 e. The average molecular weight is 527 g/mol. The van der Waals surface area contributed by atoms with Crippen LogP contribution in [-0.4, -0.2) is 44.4 Å². The molecule has 2 aromatic carbocycles. The van der Waals surface area contributed by atoms with E-state index in [1.165, 1.54) is 5.56 Å². The summed E-state index contributed by atoms with van der Waals surface area (Å²) in [4.78, 5) is 4.56. The first-order valence-corrected chi connectivity index (χ1v) is 10.1. The number of halogens is 1. The van der Waals surface area contributed by atoms with Gasteiger partial charge in [0.15, 0.2) is 17.5 Å². The average Bonchev–Trinajstić information content (AvgIpc) is 2.76. The van der Waals surface area contributed by atoms with Crippen LogP contribution in [0.15, 0.2) is 53.5 Å². The highest BCUT2D eigenvalue weighted by atomic mass is 127. The van der Waals surface area contributed by atoms with Crippen LogP contribution in [0.2, 0.25) is 0 Å². The zero-order valence-electron chi connectivity index (χ0n) is 18.2. The summed E-state index contributed by atoms with van der Waals surface area (Å²) in [5.41, 5.74) is 2.06. The normalized spacial score (nSPS) is 13.0. The van der Waals surface area contributed by atoms with Crippen molar-refractivity contribution in [3.05, 3.63) is 59.7 Å². The highest BCUT2D eigenvalue weighted by Gasteiger charge is 2.12. The fraction of sp³-hybridized carbons (Fsp3) is 0.435. The second kappa shape index (κ2) is 14.1. The van der Waals surface area contributed by atoms with Gasteiger partial charge in [0.05, 0.1) is 26.9 Å². The van der Waals surface area contributed by atoms with Crippen molar-refractivity contribution >= 4 is 29.9 Å². The number of aliphatic hydroxyl groups excluding tert-OH is 1. The molecule has 0 aliphatic rings. The zero-order valence-corrected chi connectivity index (χ0v) is 20.6. The summed E-state index contributed by atoms with van der Waals surface area (Å²) in [6, 6.07) is 16.1. The molecule has 0 bridgehead atoms. The van der Waals surface area contributed by atoms with Crippen molar-refractivity contribution in [2.75, 3.05) is 27.3 Å². The van der Waals surface area contributed by atoms with Crippen molar-refractivity contribution < 1.29 is 14.6 Å². The number of nitrogens with one attached hydrogen (secondary N) is 2. The van der Waals surface area contributed by atoms with Gasteiger partial charge in [-0.05, 0) is 49.9 Å². The van der Waals surface area contributed by atoms with Gasteiger partial charge in [0.2, 0.25) is 0 Å². The highest BCUT2D eigenvalue weighted by Crippen LogP contribution is 2.30. The largest absolute Gasteiger partial charge is 0.493 e. The lowest BCUT2D eigenvalue weighted by molar-refractivity contribution is 0.186. The van der Waals surface area contributed by atoms with E-state index in [1.54, 1.807) is 26.4 Å². The molecule has 0 spiro atoms. The molecule has 0 aliphatic heterocycles. The third-order valence-corrected chi connectivity index (χ3v) is 4.65. The fourth-order valence-corrected chi connectivity index (χ4v) is 3.00. The van der Waals surface area contributed by atoms with E-state index in [0.29, 0.717) is 17.5 Å². The van der Waals surface area contributed by atoms with Gasteiger partial charge in [0, 0.05) is 12.6 Å². The van der Waals surface area contributed by atoms with Gasteiger partial charge in [-0.1, -0.05) is 36.4 Å². The molecule has 3 N–H and O–H groups in total. The Balaban J connectivity index is 0.00000450.